The van der Waals surface area contributed by atoms with Gasteiger partial charge in [-0.3, -0.25) is 14.4 Å². The highest BCUT2D eigenvalue weighted by molar-refractivity contribution is 5.85. The lowest BCUT2D eigenvalue weighted by molar-refractivity contribution is -0.138. The van der Waals surface area contributed by atoms with Crippen molar-refractivity contribution in [3.05, 3.63) is 17.5 Å². The van der Waals surface area contributed by atoms with Crippen molar-refractivity contribution >= 4 is 30.7 Å². The predicted molar refractivity (Wildman–Crippen MR) is 107 cm³/mol. The zero-order chi connectivity index (χ0) is 16.4. The summed E-state index contributed by atoms with van der Waals surface area (Å²) in [5.41, 5.74) is 2.46. The number of aromatic nitrogens is 2. The van der Waals surface area contributed by atoms with Crippen LogP contribution in [0.15, 0.2) is 6.07 Å². The molecule has 1 aromatic heterocycles. The highest BCUT2D eigenvalue weighted by Gasteiger charge is 2.28. The van der Waals surface area contributed by atoms with Crippen LogP contribution >= 0.6 is 24.8 Å². The molecule has 1 aliphatic carbocycles. The summed E-state index contributed by atoms with van der Waals surface area (Å²) in [4.78, 5) is 17.2. The van der Waals surface area contributed by atoms with E-state index in [2.05, 4.69) is 25.9 Å². The standard InChI is InChI=1S/C18H29N5O.2ClH/c24-18(15-4-2-1-3-5-15)22-10-8-21(9-11-22)14-16-12-17-13-19-6-7-23(17)20-16;;/h12,15,19H,1-11,13-14H2;2*1H. The van der Waals surface area contributed by atoms with Gasteiger partial charge in [-0.1, -0.05) is 19.3 Å². The number of carbonyl (C=O) groups is 1. The second kappa shape index (κ2) is 9.93. The van der Waals surface area contributed by atoms with Gasteiger partial charge in [0.15, 0.2) is 0 Å². The van der Waals surface area contributed by atoms with E-state index in [4.69, 9.17) is 5.10 Å². The van der Waals surface area contributed by atoms with Crippen LogP contribution in [0.5, 0.6) is 0 Å². The van der Waals surface area contributed by atoms with Crippen LogP contribution in [0, 0.1) is 5.92 Å². The Balaban J connectivity index is 0.00000121. The molecule has 0 radical (unpaired) electrons. The predicted octanol–water partition coefficient (Wildman–Crippen LogP) is 2.05. The maximum atomic E-state index is 12.6. The van der Waals surface area contributed by atoms with Crippen molar-refractivity contribution in [2.24, 2.45) is 5.92 Å². The molecule has 0 atom stereocenters. The lowest BCUT2D eigenvalue weighted by Crippen LogP contribution is -2.50. The number of piperazine rings is 1. The molecule has 1 amide bonds. The largest absolute Gasteiger partial charge is 0.340 e. The summed E-state index contributed by atoms with van der Waals surface area (Å²) in [6.07, 6.45) is 5.98. The third-order valence-electron chi connectivity index (χ3n) is 5.74. The average molecular weight is 404 g/mol. The SMILES string of the molecule is Cl.Cl.O=C(C1CCCCC1)N1CCN(Cc2cc3n(n2)CCNC3)CC1. The van der Waals surface area contributed by atoms with E-state index in [1.54, 1.807) is 0 Å². The van der Waals surface area contributed by atoms with Crippen LogP contribution in [0.1, 0.15) is 43.5 Å². The number of halogens is 2. The van der Waals surface area contributed by atoms with Crippen LogP contribution in [0.25, 0.3) is 0 Å². The molecule has 1 saturated heterocycles. The minimum Gasteiger partial charge on any atom is -0.340 e. The monoisotopic (exact) mass is 403 g/mol. The summed E-state index contributed by atoms with van der Waals surface area (Å²) >= 11 is 0. The first kappa shape index (κ1) is 21.5. The molecule has 8 heteroatoms. The van der Waals surface area contributed by atoms with E-state index in [9.17, 15) is 4.79 Å². The molecule has 0 bridgehead atoms. The molecule has 6 nitrogen and oxygen atoms in total. The fourth-order valence-electron chi connectivity index (χ4n) is 4.29. The number of rotatable bonds is 3. The molecule has 1 N–H and O–H groups in total. The second-order valence-electron chi connectivity index (χ2n) is 7.46. The average Bonchev–Trinajstić information content (AvgIpc) is 3.05. The first-order valence-corrected chi connectivity index (χ1v) is 9.57. The first-order valence-electron chi connectivity index (χ1n) is 9.57. The molecule has 2 aliphatic heterocycles. The molecule has 4 rings (SSSR count). The summed E-state index contributed by atoms with van der Waals surface area (Å²) < 4.78 is 2.13. The minimum absolute atomic E-state index is 0. The van der Waals surface area contributed by atoms with Gasteiger partial charge in [-0.25, -0.2) is 0 Å². The van der Waals surface area contributed by atoms with E-state index in [1.807, 2.05) is 0 Å². The minimum atomic E-state index is 0. The highest BCUT2D eigenvalue weighted by atomic mass is 35.5. The number of fused-ring (bicyclic) bond motifs is 1. The smallest absolute Gasteiger partial charge is 0.225 e. The number of nitrogens with one attached hydrogen (secondary N) is 1. The third kappa shape index (κ3) is 4.91. The summed E-state index contributed by atoms with van der Waals surface area (Å²) in [6, 6.07) is 2.23. The molecular weight excluding hydrogens is 373 g/mol. The second-order valence-corrected chi connectivity index (χ2v) is 7.46. The van der Waals surface area contributed by atoms with Crippen LogP contribution in [-0.2, 0) is 24.4 Å². The van der Waals surface area contributed by atoms with Gasteiger partial charge in [0.1, 0.15) is 0 Å². The molecule has 0 unspecified atom stereocenters. The zero-order valence-corrected chi connectivity index (χ0v) is 17.0. The summed E-state index contributed by atoms with van der Waals surface area (Å²) in [5.74, 6) is 0.718. The fourth-order valence-corrected chi connectivity index (χ4v) is 4.29. The van der Waals surface area contributed by atoms with Crippen LogP contribution in [0.2, 0.25) is 0 Å². The third-order valence-corrected chi connectivity index (χ3v) is 5.74. The number of hydrogen-bond acceptors (Lipinski definition) is 4. The molecule has 2 fully saturated rings. The van der Waals surface area contributed by atoms with E-state index in [1.165, 1.54) is 30.7 Å². The van der Waals surface area contributed by atoms with Gasteiger partial charge in [0.25, 0.3) is 0 Å². The molecule has 26 heavy (non-hydrogen) atoms. The van der Waals surface area contributed by atoms with Gasteiger partial charge in [0, 0.05) is 51.7 Å². The normalized spacial score (nSPS) is 21.5. The topological polar surface area (TPSA) is 53.4 Å². The molecule has 0 spiro atoms. The van der Waals surface area contributed by atoms with Crippen molar-refractivity contribution in [3.8, 4) is 0 Å². The van der Waals surface area contributed by atoms with Crippen molar-refractivity contribution in [2.75, 3.05) is 32.7 Å². The highest BCUT2D eigenvalue weighted by Crippen LogP contribution is 2.26. The van der Waals surface area contributed by atoms with Gasteiger partial charge in [-0.2, -0.15) is 5.10 Å². The Morgan fingerprint density at radius 3 is 2.50 bits per heavy atom. The summed E-state index contributed by atoms with van der Waals surface area (Å²) in [6.45, 7) is 7.52. The fraction of sp³-hybridized carbons (Fsp3) is 0.778. The van der Waals surface area contributed by atoms with Crippen LogP contribution in [0.4, 0.5) is 0 Å². The Bertz CT molecular complexity index is 557. The number of carbonyl (C=O) groups excluding carboxylic acids is 1. The van der Waals surface area contributed by atoms with Gasteiger partial charge in [-0.15, -0.1) is 24.8 Å². The Morgan fingerprint density at radius 2 is 1.81 bits per heavy atom. The summed E-state index contributed by atoms with van der Waals surface area (Å²) in [7, 11) is 0. The van der Waals surface area contributed by atoms with E-state index >= 15 is 0 Å². The maximum absolute atomic E-state index is 12.6. The molecule has 0 aromatic carbocycles. The number of nitrogens with zero attached hydrogens (tertiary/aromatic N) is 4. The maximum Gasteiger partial charge on any atom is 0.225 e. The Morgan fingerprint density at radius 1 is 1.08 bits per heavy atom. The molecule has 148 valence electrons. The molecule has 3 heterocycles. The first-order chi connectivity index (χ1) is 11.8. The van der Waals surface area contributed by atoms with Crippen molar-refractivity contribution in [2.45, 2.75) is 51.7 Å². The van der Waals surface area contributed by atoms with E-state index in [-0.39, 0.29) is 24.8 Å². The van der Waals surface area contributed by atoms with Gasteiger partial charge >= 0.3 is 0 Å². The number of hydrogen-bond donors (Lipinski definition) is 1. The van der Waals surface area contributed by atoms with Crippen molar-refractivity contribution in [1.82, 2.24) is 24.9 Å². The zero-order valence-electron chi connectivity index (χ0n) is 15.4. The van der Waals surface area contributed by atoms with Crippen molar-refractivity contribution < 1.29 is 4.79 Å². The van der Waals surface area contributed by atoms with Crippen molar-refractivity contribution in [3.63, 3.8) is 0 Å². The quantitative estimate of drug-likeness (QED) is 0.838. The van der Waals surface area contributed by atoms with Gasteiger partial charge in [-0.05, 0) is 18.9 Å². The van der Waals surface area contributed by atoms with E-state index < -0.39 is 0 Å². The Labute approximate surface area is 168 Å². The molecule has 3 aliphatic rings. The van der Waals surface area contributed by atoms with E-state index in [0.717, 1.165) is 65.2 Å². The summed E-state index contributed by atoms with van der Waals surface area (Å²) in [5, 5.41) is 8.12. The lowest BCUT2D eigenvalue weighted by Gasteiger charge is -2.36. The van der Waals surface area contributed by atoms with Crippen LogP contribution in [-0.4, -0.2) is 58.2 Å². The van der Waals surface area contributed by atoms with Gasteiger partial charge < -0.3 is 10.2 Å². The molecule has 1 saturated carbocycles. The molecule has 1 aromatic rings. The Kier molecular flexibility index (Phi) is 8.20. The van der Waals surface area contributed by atoms with Gasteiger partial charge in [0.05, 0.1) is 17.9 Å². The van der Waals surface area contributed by atoms with Crippen molar-refractivity contribution in [1.29, 1.82) is 0 Å². The Hall–Kier alpha value is -0.820. The van der Waals surface area contributed by atoms with Crippen LogP contribution in [0.3, 0.4) is 0 Å². The molecular formula is C18H31Cl2N5O. The van der Waals surface area contributed by atoms with Gasteiger partial charge in [0.2, 0.25) is 5.91 Å². The number of amides is 1. The lowest BCUT2D eigenvalue weighted by atomic mass is 9.88. The van der Waals surface area contributed by atoms with Crippen LogP contribution < -0.4 is 5.32 Å². The van der Waals surface area contributed by atoms with E-state index in [0.29, 0.717) is 11.8 Å².